The molecule has 3 N–H and O–H groups in total. The SMILES string of the molecule is O=[N+]([O-])c1cc(S(=O)(=O)Nc2ncnc3cc(N4CCN(Cc5cc(Cl)ccc5-c5ccccc5)CC4)ccc23)ccc1N[C@H](CCNc1cccnc1)CSc1ccccc1. The fraction of sp³-hybridized carbons (Fsp3) is 0.196. The molecule has 1 saturated heterocycles. The van der Waals surface area contributed by atoms with Gasteiger partial charge < -0.3 is 15.5 Å². The van der Waals surface area contributed by atoms with Crippen LogP contribution in [-0.2, 0) is 16.6 Å². The number of aromatic nitrogens is 3. The fourth-order valence-corrected chi connectivity index (χ4v) is 9.68. The Hall–Kier alpha value is -6.26. The zero-order chi connectivity index (χ0) is 42.9. The minimum atomic E-state index is -4.30. The zero-order valence-electron chi connectivity index (χ0n) is 33.6. The number of nitrogens with one attached hydrogen (secondary N) is 3. The summed E-state index contributed by atoms with van der Waals surface area (Å²) in [5.74, 6) is 0.682. The standard InChI is InChI=1S/C46H44ClN9O4S2/c47-35-13-16-41(33-8-3-1-4-9-33)34(26-35)30-54-22-24-55(25-23-54)38-14-17-42-44(27-38)50-32-51-46(42)53-62(59,60)40-15-18-43(45(28-40)56(57)58)52-37(31-61-39-11-5-2-6-12-39)19-21-49-36-10-7-20-48-29-36/h1-18,20,26-29,32,37,49,52H,19,21-25,30-31H2,(H,50,51,53)/t37-/m1/s1. The van der Waals surface area contributed by atoms with Crippen LogP contribution in [0.15, 0.2) is 156 Å². The second-order valence-electron chi connectivity index (χ2n) is 14.8. The molecule has 0 radical (unpaired) electrons. The Kier molecular flexibility index (Phi) is 13.4. The Morgan fingerprint density at radius 1 is 0.855 bits per heavy atom. The quantitative estimate of drug-likeness (QED) is 0.0453. The molecule has 0 amide bonds. The highest BCUT2D eigenvalue weighted by atomic mass is 35.5. The van der Waals surface area contributed by atoms with E-state index >= 15 is 0 Å². The Morgan fingerprint density at radius 2 is 1.65 bits per heavy atom. The average Bonchev–Trinajstić information content (AvgIpc) is 3.29. The number of nitrogens with zero attached hydrogens (tertiary/aromatic N) is 6. The maximum absolute atomic E-state index is 13.8. The molecule has 1 fully saturated rings. The maximum atomic E-state index is 13.8. The van der Waals surface area contributed by atoms with Crippen LogP contribution in [0.4, 0.5) is 28.6 Å². The van der Waals surface area contributed by atoms with Gasteiger partial charge in [-0.2, -0.15) is 0 Å². The van der Waals surface area contributed by atoms with Crippen LogP contribution in [0.3, 0.4) is 0 Å². The summed E-state index contributed by atoms with van der Waals surface area (Å²) in [6, 6.07) is 39.4. The van der Waals surface area contributed by atoms with Gasteiger partial charge in [0.25, 0.3) is 15.7 Å². The summed E-state index contributed by atoms with van der Waals surface area (Å²) >= 11 is 8.06. The zero-order valence-corrected chi connectivity index (χ0v) is 36.0. The van der Waals surface area contributed by atoms with Crippen LogP contribution in [0.1, 0.15) is 12.0 Å². The molecule has 16 heteroatoms. The molecule has 3 heterocycles. The van der Waals surface area contributed by atoms with Gasteiger partial charge in [0.15, 0.2) is 5.82 Å². The van der Waals surface area contributed by atoms with Crippen LogP contribution in [0.2, 0.25) is 5.02 Å². The highest BCUT2D eigenvalue weighted by Crippen LogP contribution is 2.33. The number of fused-ring (bicyclic) bond motifs is 1. The number of halogens is 1. The fourth-order valence-electron chi connectivity index (χ4n) is 7.45. The summed E-state index contributed by atoms with van der Waals surface area (Å²) in [5.41, 5.74) is 5.76. The lowest BCUT2D eigenvalue weighted by Gasteiger charge is -2.36. The highest BCUT2D eigenvalue weighted by molar-refractivity contribution is 7.99. The molecule has 0 bridgehead atoms. The van der Waals surface area contributed by atoms with Crippen LogP contribution < -0.4 is 20.3 Å². The van der Waals surface area contributed by atoms with Crippen molar-refractivity contribution in [1.82, 2.24) is 19.9 Å². The van der Waals surface area contributed by atoms with Crippen LogP contribution in [-0.4, -0.2) is 77.7 Å². The summed E-state index contributed by atoms with van der Waals surface area (Å²) in [5, 5.41) is 20.3. The number of thioether (sulfide) groups is 1. The van der Waals surface area contributed by atoms with Crippen LogP contribution in [0, 0.1) is 10.1 Å². The first kappa shape index (κ1) is 42.4. The van der Waals surface area contributed by atoms with Crippen molar-refractivity contribution in [3.05, 3.63) is 167 Å². The molecule has 13 nitrogen and oxygen atoms in total. The summed E-state index contributed by atoms with van der Waals surface area (Å²) < 4.78 is 30.2. The van der Waals surface area contributed by atoms with E-state index in [0.717, 1.165) is 60.6 Å². The molecule has 0 saturated carbocycles. The van der Waals surface area contributed by atoms with Gasteiger partial charge in [0, 0.05) is 90.5 Å². The van der Waals surface area contributed by atoms with Crippen molar-refractivity contribution in [3.63, 3.8) is 0 Å². The lowest BCUT2D eigenvalue weighted by Crippen LogP contribution is -2.46. The van der Waals surface area contributed by atoms with E-state index in [2.05, 4.69) is 58.3 Å². The van der Waals surface area contributed by atoms with Crippen molar-refractivity contribution in [3.8, 4) is 11.1 Å². The predicted molar refractivity (Wildman–Crippen MR) is 250 cm³/mol. The van der Waals surface area contributed by atoms with Gasteiger partial charge in [-0.1, -0.05) is 66.2 Å². The Labute approximate surface area is 369 Å². The van der Waals surface area contributed by atoms with Crippen LogP contribution in [0.25, 0.3) is 22.0 Å². The number of rotatable bonds is 17. The monoisotopic (exact) mass is 885 g/mol. The van der Waals surface area contributed by atoms with Crippen molar-refractivity contribution < 1.29 is 13.3 Å². The molecule has 8 rings (SSSR count). The van der Waals surface area contributed by atoms with Crippen molar-refractivity contribution in [2.75, 3.05) is 58.7 Å². The first-order chi connectivity index (χ1) is 30.2. The third kappa shape index (κ3) is 10.6. The molecule has 7 aromatic rings. The minimum Gasteiger partial charge on any atom is -0.384 e. The van der Waals surface area contributed by atoms with E-state index in [1.54, 1.807) is 30.2 Å². The number of hydrogen-bond donors (Lipinski definition) is 3. The van der Waals surface area contributed by atoms with Gasteiger partial charge in [0.2, 0.25) is 0 Å². The lowest BCUT2D eigenvalue weighted by atomic mass is 9.99. The summed E-state index contributed by atoms with van der Waals surface area (Å²) in [7, 11) is -4.30. The van der Waals surface area contributed by atoms with Crippen molar-refractivity contribution in [2.24, 2.45) is 0 Å². The third-order valence-corrected chi connectivity index (χ3v) is 13.4. The molecule has 0 unspecified atom stereocenters. The van der Waals surface area contributed by atoms with Gasteiger partial charge in [-0.15, -0.1) is 11.8 Å². The van der Waals surface area contributed by atoms with Crippen molar-refractivity contribution in [2.45, 2.75) is 28.8 Å². The second kappa shape index (κ2) is 19.6. The normalized spacial score (nSPS) is 13.7. The number of anilines is 4. The minimum absolute atomic E-state index is 0.0751. The molecule has 0 spiro atoms. The molecular formula is C46H44ClN9O4S2. The molecule has 1 aliphatic rings. The molecule has 0 aliphatic carbocycles. The van der Waals surface area contributed by atoms with E-state index in [0.29, 0.717) is 34.6 Å². The van der Waals surface area contributed by atoms with Crippen LogP contribution in [0.5, 0.6) is 0 Å². The molecule has 2 aromatic heterocycles. The summed E-state index contributed by atoms with van der Waals surface area (Å²) in [6.45, 7) is 4.60. The third-order valence-electron chi connectivity index (χ3n) is 10.6. The predicted octanol–water partition coefficient (Wildman–Crippen LogP) is 9.45. The molecular weight excluding hydrogens is 842 g/mol. The first-order valence-corrected chi connectivity index (χ1v) is 23.0. The highest BCUT2D eigenvalue weighted by Gasteiger charge is 2.25. The molecule has 1 aliphatic heterocycles. The molecule has 62 heavy (non-hydrogen) atoms. The number of piperazine rings is 1. The Morgan fingerprint density at radius 3 is 2.40 bits per heavy atom. The largest absolute Gasteiger partial charge is 0.384 e. The van der Waals surface area contributed by atoms with E-state index < -0.39 is 14.9 Å². The van der Waals surface area contributed by atoms with Crippen LogP contribution >= 0.6 is 23.4 Å². The number of nitro benzene ring substituents is 1. The topological polar surface area (TPSA) is 159 Å². The van der Waals surface area contributed by atoms with E-state index in [-0.39, 0.29) is 28.1 Å². The second-order valence-corrected chi connectivity index (χ2v) is 18.0. The van der Waals surface area contributed by atoms with E-state index in [4.69, 9.17) is 11.6 Å². The molecule has 5 aromatic carbocycles. The number of pyridine rings is 1. The molecule has 1 atom stereocenters. The van der Waals surface area contributed by atoms with Crippen molar-refractivity contribution in [1.29, 1.82) is 0 Å². The number of sulfonamides is 1. The Balaban J connectivity index is 0.939. The van der Waals surface area contributed by atoms with Gasteiger partial charge in [0.1, 0.15) is 12.0 Å². The maximum Gasteiger partial charge on any atom is 0.293 e. The smallest absolute Gasteiger partial charge is 0.293 e. The van der Waals surface area contributed by atoms with E-state index in [1.165, 1.54) is 29.6 Å². The van der Waals surface area contributed by atoms with Crippen molar-refractivity contribution >= 4 is 72.9 Å². The molecule has 316 valence electrons. The van der Waals surface area contributed by atoms with E-state index in [1.807, 2.05) is 84.9 Å². The summed E-state index contributed by atoms with van der Waals surface area (Å²) in [4.78, 5) is 30.2. The van der Waals surface area contributed by atoms with Gasteiger partial charge in [-0.25, -0.2) is 18.4 Å². The van der Waals surface area contributed by atoms with Gasteiger partial charge in [-0.3, -0.25) is 24.7 Å². The number of benzene rings is 5. The van der Waals surface area contributed by atoms with Gasteiger partial charge in [-0.05, 0) is 89.8 Å². The summed E-state index contributed by atoms with van der Waals surface area (Å²) in [6.07, 6.45) is 5.36. The van der Waals surface area contributed by atoms with E-state index in [9.17, 15) is 18.5 Å². The van der Waals surface area contributed by atoms with Gasteiger partial charge in [0.05, 0.1) is 21.0 Å². The first-order valence-electron chi connectivity index (χ1n) is 20.1. The number of hydrogen-bond acceptors (Lipinski definition) is 12. The number of nitro groups is 1. The average molecular weight is 887 g/mol. The lowest BCUT2D eigenvalue weighted by molar-refractivity contribution is -0.384. The Bertz CT molecular complexity index is 2750. The van der Waals surface area contributed by atoms with Gasteiger partial charge >= 0.3 is 0 Å².